The Balaban J connectivity index is 2.92. The zero-order valence-electron chi connectivity index (χ0n) is 9.63. The Morgan fingerprint density at radius 2 is 2.07 bits per heavy atom. The molecule has 2 nitrogen and oxygen atoms in total. The first kappa shape index (κ1) is 12.3. The van der Waals surface area contributed by atoms with E-state index >= 15 is 0 Å². The van der Waals surface area contributed by atoms with Crippen LogP contribution in [0, 0.1) is 5.92 Å². The number of hydrogen-bond donors (Lipinski definition) is 1. The monoisotopic (exact) mass is 226 g/mol. The van der Waals surface area contributed by atoms with Crippen LogP contribution in [0.15, 0.2) is 18.2 Å². The number of halogens is 1. The van der Waals surface area contributed by atoms with Crippen molar-refractivity contribution >= 4 is 17.3 Å². The fraction of sp³-hybridized carbons (Fsp3) is 0.500. The molecule has 0 radical (unpaired) electrons. The van der Waals surface area contributed by atoms with E-state index in [2.05, 4.69) is 25.8 Å². The Bertz CT molecular complexity index is 323. The van der Waals surface area contributed by atoms with E-state index in [0.29, 0.717) is 12.5 Å². The van der Waals surface area contributed by atoms with Crippen LogP contribution in [0.2, 0.25) is 5.02 Å². The minimum absolute atomic E-state index is 0.526. The molecule has 0 spiro atoms. The maximum atomic E-state index is 5.93. The van der Waals surface area contributed by atoms with Crippen molar-refractivity contribution in [3.8, 4) is 0 Å². The van der Waals surface area contributed by atoms with Gasteiger partial charge in [-0.3, -0.25) is 0 Å². The van der Waals surface area contributed by atoms with Crippen LogP contribution in [-0.4, -0.2) is 13.6 Å². The summed E-state index contributed by atoms with van der Waals surface area (Å²) in [5.74, 6) is 0.635. The lowest BCUT2D eigenvalue weighted by molar-refractivity contribution is 0.637. The van der Waals surface area contributed by atoms with Crippen LogP contribution in [-0.2, 0) is 6.54 Å². The van der Waals surface area contributed by atoms with Gasteiger partial charge in [-0.05, 0) is 29.7 Å². The highest BCUT2D eigenvalue weighted by Crippen LogP contribution is 2.23. The second-order valence-electron chi connectivity index (χ2n) is 4.25. The number of benzene rings is 1. The quantitative estimate of drug-likeness (QED) is 0.856. The molecule has 0 aliphatic carbocycles. The van der Waals surface area contributed by atoms with Gasteiger partial charge < -0.3 is 10.6 Å². The fourth-order valence-corrected chi connectivity index (χ4v) is 1.93. The van der Waals surface area contributed by atoms with Crippen molar-refractivity contribution in [3.05, 3.63) is 28.8 Å². The van der Waals surface area contributed by atoms with Gasteiger partial charge >= 0.3 is 0 Å². The van der Waals surface area contributed by atoms with E-state index < -0.39 is 0 Å². The molecule has 0 amide bonds. The molecular weight excluding hydrogens is 208 g/mol. The third kappa shape index (κ3) is 3.40. The number of rotatable bonds is 4. The highest BCUT2D eigenvalue weighted by molar-refractivity contribution is 6.30. The van der Waals surface area contributed by atoms with Gasteiger partial charge in [0.1, 0.15) is 0 Å². The average Bonchev–Trinajstić information content (AvgIpc) is 2.16. The van der Waals surface area contributed by atoms with Gasteiger partial charge in [-0.2, -0.15) is 0 Å². The Kier molecular flexibility index (Phi) is 4.43. The molecule has 0 heterocycles. The van der Waals surface area contributed by atoms with E-state index in [1.54, 1.807) is 0 Å². The summed E-state index contributed by atoms with van der Waals surface area (Å²) in [6, 6.07) is 5.88. The summed E-state index contributed by atoms with van der Waals surface area (Å²) in [6.07, 6.45) is 0. The third-order valence-corrected chi connectivity index (χ3v) is 2.55. The Morgan fingerprint density at radius 3 is 2.60 bits per heavy atom. The summed E-state index contributed by atoms with van der Waals surface area (Å²) in [5.41, 5.74) is 7.98. The van der Waals surface area contributed by atoms with Gasteiger partial charge in [-0.1, -0.05) is 25.4 Å². The van der Waals surface area contributed by atoms with E-state index in [-0.39, 0.29) is 0 Å². The molecule has 1 aromatic carbocycles. The second kappa shape index (κ2) is 5.38. The zero-order chi connectivity index (χ0) is 11.4. The molecule has 0 fully saturated rings. The van der Waals surface area contributed by atoms with Gasteiger partial charge in [0.05, 0.1) is 0 Å². The summed E-state index contributed by atoms with van der Waals surface area (Å²) < 4.78 is 0. The summed E-state index contributed by atoms with van der Waals surface area (Å²) in [6.45, 7) is 5.95. The maximum Gasteiger partial charge on any atom is 0.0410 e. The first-order valence-electron chi connectivity index (χ1n) is 5.24. The molecule has 0 atom stereocenters. The first-order chi connectivity index (χ1) is 7.04. The smallest absolute Gasteiger partial charge is 0.0410 e. The lowest BCUT2D eigenvalue weighted by atomic mass is 10.1. The Morgan fingerprint density at radius 1 is 1.40 bits per heavy atom. The molecule has 0 bridgehead atoms. The molecule has 1 rings (SSSR count). The Labute approximate surface area is 97.0 Å². The normalized spacial score (nSPS) is 10.8. The van der Waals surface area contributed by atoms with Crippen molar-refractivity contribution < 1.29 is 0 Å². The second-order valence-corrected chi connectivity index (χ2v) is 4.69. The fourth-order valence-electron chi connectivity index (χ4n) is 1.74. The van der Waals surface area contributed by atoms with Crippen molar-refractivity contribution in [2.45, 2.75) is 20.4 Å². The van der Waals surface area contributed by atoms with E-state index in [1.165, 1.54) is 5.69 Å². The molecule has 3 heteroatoms. The summed E-state index contributed by atoms with van der Waals surface area (Å²) >= 11 is 5.93. The summed E-state index contributed by atoms with van der Waals surface area (Å²) in [7, 11) is 2.09. The zero-order valence-corrected chi connectivity index (χ0v) is 10.4. The maximum absolute atomic E-state index is 5.93. The van der Waals surface area contributed by atoms with Crippen molar-refractivity contribution in [1.29, 1.82) is 0 Å². The van der Waals surface area contributed by atoms with Crippen LogP contribution in [0.5, 0.6) is 0 Å². The average molecular weight is 227 g/mol. The van der Waals surface area contributed by atoms with Crippen molar-refractivity contribution in [3.63, 3.8) is 0 Å². The minimum Gasteiger partial charge on any atom is -0.374 e. The van der Waals surface area contributed by atoms with E-state index in [9.17, 15) is 0 Å². The predicted octanol–water partition coefficient (Wildman–Crippen LogP) is 2.89. The standard InChI is InChI=1S/C12H19ClN2/c1-9(2)8-15(3)12-5-4-11(13)6-10(12)7-14/h4-6,9H,7-8,14H2,1-3H3. The first-order valence-corrected chi connectivity index (χ1v) is 5.62. The lowest BCUT2D eigenvalue weighted by Crippen LogP contribution is -2.24. The minimum atomic E-state index is 0.526. The molecule has 0 saturated carbocycles. The van der Waals surface area contributed by atoms with E-state index in [0.717, 1.165) is 17.1 Å². The largest absolute Gasteiger partial charge is 0.374 e. The number of anilines is 1. The third-order valence-electron chi connectivity index (χ3n) is 2.31. The summed E-state index contributed by atoms with van der Waals surface area (Å²) in [4.78, 5) is 2.23. The molecule has 2 N–H and O–H groups in total. The van der Waals surface area contributed by atoms with Crippen LogP contribution >= 0.6 is 11.6 Å². The van der Waals surface area contributed by atoms with Crippen molar-refractivity contribution in [1.82, 2.24) is 0 Å². The van der Waals surface area contributed by atoms with Gasteiger partial charge in [0, 0.05) is 30.8 Å². The molecule has 0 aliphatic rings. The highest BCUT2D eigenvalue weighted by atomic mass is 35.5. The van der Waals surface area contributed by atoms with Crippen molar-refractivity contribution in [2.75, 3.05) is 18.5 Å². The van der Waals surface area contributed by atoms with E-state index in [4.69, 9.17) is 17.3 Å². The molecule has 0 aliphatic heterocycles. The molecule has 15 heavy (non-hydrogen) atoms. The van der Waals surface area contributed by atoms with Crippen LogP contribution in [0.4, 0.5) is 5.69 Å². The molecule has 1 aromatic rings. The number of nitrogens with two attached hydrogens (primary N) is 1. The van der Waals surface area contributed by atoms with Crippen LogP contribution in [0.3, 0.4) is 0 Å². The van der Waals surface area contributed by atoms with Gasteiger partial charge in [-0.15, -0.1) is 0 Å². The summed E-state index contributed by atoms with van der Waals surface area (Å²) in [5, 5.41) is 0.747. The van der Waals surface area contributed by atoms with Crippen LogP contribution in [0.1, 0.15) is 19.4 Å². The van der Waals surface area contributed by atoms with Crippen LogP contribution in [0.25, 0.3) is 0 Å². The van der Waals surface area contributed by atoms with Gasteiger partial charge in [0.2, 0.25) is 0 Å². The molecule has 0 aromatic heterocycles. The topological polar surface area (TPSA) is 29.3 Å². The van der Waals surface area contributed by atoms with Gasteiger partial charge in [0.25, 0.3) is 0 Å². The molecule has 0 saturated heterocycles. The predicted molar refractivity (Wildman–Crippen MR) is 67.5 cm³/mol. The van der Waals surface area contributed by atoms with Crippen LogP contribution < -0.4 is 10.6 Å². The van der Waals surface area contributed by atoms with E-state index in [1.807, 2.05) is 18.2 Å². The highest BCUT2D eigenvalue weighted by Gasteiger charge is 2.08. The molecular formula is C12H19ClN2. The lowest BCUT2D eigenvalue weighted by Gasteiger charge is -2.24. The number of hydrogen-bond acceptors (Lipinski definition) is 2. The van der Waals surface area contributed by atoms with Gasteiger partial charge in [-0.25, -0.2) is 0 Å². The van der Waals surface area contributed by atoms with Gasteiger partial charge in [0.15, 0.2) is 0 Å². The molecule has 84 valence electrons. The number of nitrogens with zero attached hydrogens (tertiary/aromatic N) is 1. The molecule has 0 unspecified atom stereocenters. The SMILES string of the molecule is CC(C)CN(C)c1ccc(Cl)cc1CN. The Hall–Kier alpha value is -0.730. The van der Waals surface area contributed by atoms with Crippen molar-refractivity contribution in [2.24, 2.45) is 11.7 Å².